The van der Waals surface area contributed by atoms with Gasteiger partial charge in [0.05, 0.1) is 15.7 Å². The largest absolute Gasteiger partial charge is 0.396 e. The molecule has 5 heteroatoms. The number of benzene rings is 1. The van der Waals surface area contributed by atoms with Gasteiger partial charge >= 0.3 is 0 Å². The lowest BCUT2D eigenvalue weighted by atomic mass is 10.1. The van der Waals surface area contributed by atoms with Crippen molar-refractivity contribution in [1.82, 2.24) is 0 Å². The van der Waals surface area contributed by atoms with Crippen molar-refractivity contribution in [2.75, 3.05) is 17.2 Å². The fourth-order valence-electron chi connectivity index (χ4n) is 1.87. The number of carbonyl (C=O) groups excluding carboxylic acids is 1. The van der Waals surface area contributed by atoms with Crippen molar-refractivity contribution in [3.8, 4) is 0 Å². The van der Waals surface area contributed by atoms with Gasteiger partial charge < -0.3 is 10.6 Å². The molecule has 1 aromatic carbocycles. The van der Waals surface area contributed by atoms with Crippen molar-refractivity contribution in [3.05, 3.63) is 34.8 Å². The highest BCUT2D eigenvalue weighted by molar-refractivity contribution is 6.39. The Morgan fingerprint density at radius 3 is 2.47 bits per heavy atom. The number of nitrogens with two attached hydrogens (primary N) is 1. The molecule has 2 N–H and O–H groups in total. The number of carbonyl (C=O) groups is 1. The lowest BCUT2D eigenvalue weighted by Gasteiger charge is -2.17. The summed E-state index contributed by atoms with van der Waals surface area (Å²) in [7, 11) is 0. The lowest BCUT2D eigenvalue weighted by Crippen LogP contribution is -2.24. The maximum atomic E-state index is 11.8. The number of halogens is 2. The minimum Gasteiger partial charge on any atom is -0.396 e. The molecule has 1 amide bonds. The number of hydrogen-bond donors (Lipinski definition) is 1. The van der Waals surface area contributed by atoms with Crippen LogP contribution >= 0.6 is 23.2 Å². The summed E-state index contributed by atoms with van der Waals surface area (Å²) in [5, 5.41) is 0.727. The van der Waals surface area contributed by atoms with E-state index in [1.807, 2.05) is 0 Å². The van der Waals surface area contributed by atoms with E-state index < -0.39 is 0 Å². The first-order valence-electron chi connectivity index (χ1n) is 5.20. The number of hydrogen-bond acceptors (Lipinski definition) is 2. The maximum Gasteiger partial charge on any atom is 0.227 e. The van der Waals surface area contributed by atoms with Gasteiger partial charge in [0.1, 0.15) is 0 Å². The molecule has 3 nitrogen and oxygen atoms in total. The second-order valence-corrected chi connectivity index (χ2v) is 4.84. The van der Waals surface area contributed by atoms with Crippen LogP contribution < -0.4 is 10.6 Å². The number of anilines is 2. The van der Waals surface area contributed by atoms with Crippen molar-refractivity contribution in [2.24, 2.45) is 5.92 Å². The van der Waals surface area contributed by atoms with Crippen LogP contribution in [-0.2, 0) is 4.79 Å². The average molecular weight is 271 g/mol. The van der Waals surface area contributed by atoms with Crippen molar-refractivity contribution in [3.63, 3.8) is 0 Å². The van der Waals surface area contributed by atoms with Gasteiger partial charge in [-0.15, -0.1) is 6.58 Å². The number of amides is 1. The molecule has 2 rings (SSSR count). The fraction of sp³-hybridized carbons (Fsp3) is 0.250. The van der Waals surface area contributed by atoms with Gasteiger partial charge in [-0.2, -0.15) is 0 Å². The molecule has 0 aromatic heterocycles. The van der Waals surface area contributed by atoms with E-state index in [1.165, 1.54) is 0 Å². The highest BCUT2D eigenvalue weighted by Crippen LogP contribution is 2.35. The molecule has 90 valence electrons. The summed E-state index contributed by atoms with van der Waals surface area (Å²) in [6.07, 6.45) is 2.27. The summed E-state index contributed by atoms with van der Waals surface area (Å²) in [5.74, 6) is 0.226. The third kappa shape index (κ3) is 2.26. The van der Waals surface area contributed by atoms with Crippen LogP contribution in [0.2, 0.25) is 10.0 Å². The van der Waals surface area contributed by atoms with Crippen molar-refractivity contribution in [1.29, 1.82) is 0 Å². The Kier molecular flexibility index (Phi) is 3.31. The van der Waals surface area contributed by atoms with Crippen LogP contribution in [0.25, 0.3) is 0 Å². The molecule has 0 spiro atoms. The van der Waals surface area contributed by atoms with Crippen molar-refractivity contribution >= 4 is 40.5 Å². The zero-order valence-electron chi connectivity index (χ0n) is 9.12. The van der Waals surface area contributed by atoms with Crippen LogP contribution in [-0.4, -0.2) is 12.5 Å². The molecule has 1 atom stereocenters. The molecule has 0 bridgehead atoms. The number of nitrogens with zero attached hydrogens (tertiary/aromatic N) is 1. The third-order valence-electron chi connectivity index (χ3n) is 2.86. The Bertz CT molecular complexity index is 464. The van der Waals surface area contributed by atoms with Gasteiger partial charge in [-0.05, 0) is 12.1 Å². The summed E-state index contributed by atoms with van der Waals surface area (Å²) >= 11 is 11.9. The van der Waals surface area contributed by atoms with Gasteiger partial charge in [0.25, 0.3) is 0 Å². The Balaban J connectivity index is 2.35. The van der Waals surface area contributed by atoms with E-state index in [0.29, 0.717) is 34.4 Å². The highest BCUT2D eigenvalue weighted by Gasteiger charge is 2.29. The molecule has 0 radical (unpaired) electrons. The molecule has 1 aromatic rings. The molecular weight excluding hydrogens is 259 g/mol. The van der Waals surface area contributed by atoms with E-state index in [-0.39, 0.29) is 11.8 Å². The first-order valence-corrected chi connectivity index (χ1v) is 5.96. The standard InChI is InChI=1S/C12H12Cl2N2O/c1-2-7-3-11(17)16(6-7)8-4-9(13)12(15)10(14)5-8/h2,4-5,7H,1,3,6,15H2. The topological polar surface area (TPSA) is 46.3 Å². The summed E-state index contributed by atoms with van der Waals surface area (Å²) in [4.78, 5) is 13.5. The minimum atomic E-state index is 0.0480. The van der Waals surface area contributed by atoms with E-state index in [1.54, 1.807) is 23.1 Å². The zero-order chi connectivity index (χ0) is 12.6. The van der Waals surface area contributed by atoms with E-state index in [9.17, 15) is 4.79 Å². The van der Waals surface area contributed by atoms with Gasteiger partial charge in [-0.25, -0.2) is 0 Å². The molecule has 17 heavy (non-hydrogen) atoms. The quantitative estimate of drug-likeness (QED) is 0.663. The van der Waals surface area contributed by atoms with Crippen LogP contribution in [0, 0.1) is 5.92 Å². The van der Waals surface area contributed by atoms with E-state index in [0.717, 1.165) is 0 Å². The molecule has 1 unspecified atom stereocenters. The molecule has 1 saturated heterocycles. The smallest absolute Gasteiger partial charge is 0.227 e. The molecule has 1 fully saturated rings. The van der Waals surface area contributed by atoms with Crippen LogP contribution in [0.15, 0.2) is 24.8 Å². The summed E-state index contributed by atoms with van der Waals surface area (Å²) in [5.41, 5.74) is 6.67. The van der Waals surface area contributed by atoms with Crippen LogP contribution in [0.1, 0.15) is 6.42 Å². The van der Waals surface area contributed by atoms with Crippen LogP contribution in [0.4, 0.5) is 11.4 Å². The predicted octanol–water partition coefficient (Wildman–Crippen LogP) is 3.11. The fourth-order valence-corrected chi connectivity index (χ4v) is 2.34. The Morgan fingerprint density at radius 2 is 2.00 bits per heavy atom. The monoisotopic (exact) mass is 270 g/mol. The van der Waals surface area contributed by atoms with Crippen LogP contribution in [0.5, 0.6) is 0 Å². The van der Waals surface area contributed by atoms with E-state index in [2.05, 4.69) is 6.58 Å². The first-order chi connectivity index (χ1) is 8.02. The van der Waals surface area contributed by atoms with Gasteiger partial charge in [-0.3, -0.25) is 4.79 Å². The zero-order valence-corrected chi connectivity index (χ0v) is 10.6. The van der Waals surface area contributed by atoms with E-state index >= 15 is 0 Å². The second kappa shape index (κ2) is 4.59. The molecule has 1 aliphatic heterocycles. The molecule has 1 aliphatic rings. The number of rotatable bonds is 2. The summed E-state index contributed by atoms with van der Waals surface area (Å²) in [6, 6.07) is 3.32. The van der Waals surface area contributed by atoms with Gasteiger partial charge in [0.2, 0.25) is 5.91 Å². The van der Waals surface area contributed by atoms with Crippen molar-refractivity contribution in [2.45, 2.75) is 6.42 Å². The second-order valence-electron chi connectivity index (χ2n) is 4.03. The molecular formula is C12H12Cl2N2O. The van der Waals surface area contributed by atoms with E-state index in [4.69, 9.17) is 28.9 Å². The normalized spacial score (nSPS) is 19.8. The first kappa shape index (κ1) is 12.3. The minimum absolute atomic E-state index is 0.0480. The maximum absolute atomic E-state index is 11.8. The van der Waals surface area contributed by atoms with Gasteiger partial charge in [0.15, 0.2) is 0 Å². The Labute approximate surface area is 110 Å². The molecule has 1 heterocycles. The lowest BCUT2D eigenvalue weighted by molar-refractivity contribution is -0.117. The number of nitrogen functional groups attached to an aromatic ring is 1. The molecule has 0 saturated carbocycles. The SMILES string of the molecule is C=CC1CC(=O)N(c2cc(Cl)c(N)c(Cl)c2)C1. The van der Waals surface area contributed by atoms with Crippen LogP contribution in [0.3, 0.4) is 0 Å². The average Bonchev–Trinajstić information content (AvgIpc) is 2.67. The van der Waals surface area contributed by atoms with Gasteiger partial charge in [-0.1, -0.05) is 29.3 Å². The Hall–Kier alpha value is -1.19. The third-order valence-corrected chi connectivity index (χ3v) is 3.49. The summed E-state index contributed by atoms with van der Waals surface area (Å²) in [6.45, 7) is 4.31. The Morgan fingerprint density at radius 1 is 1.41 bits per heavy atom. The summed E-state index contributed by atoms with van der Waals surface area (Å²) < 4.78 is 0. The highest BCUT2D eigenvalue weighted by atomic mass is 35.5. The van der Waals surface area contributed by atoms with Gasteiger partial charge in [0, 0.05) is 24.6 Å². The predicted molar refractivity (Wildman–Crippen MR) is 71.5 cm³/mol. The molecule has 0 aliphatic carbocycles. The van der Waals surface area contributed by atoms with Crippen molar-refractivity contribution < 1.29 is 4.79 Å².